The molecule has 0 saturated heterocycles. The molecule has 1 aliphatic rings. The lowest BCUT2D eigenvalue weighted by molar-refractivity contribution is 0.0917. The van der Waals surface area contributed by atoms with Crippen molar-refractivity contribution in [2.45, 2.75) is 38.1 Å². The van der Waals surface area contributed by atoms with E-state index in [-0.39, 0.29) is 19.2 Å². The number of nitrogens with zero attached hydrogens (tertiary/aromatic N) is 4. The van der Waals surface area contributed by atoms with Gasteiger partial charge in [0, 0.05) is 33.2 Å². The van der Waals surface area contributed by atoms with Crippen LogP contribution in [0.2, 0.25) is 0 Å². The normalized spacial score (nSPS) is 14.8. The van der Waals surface area contributed by atoms with Crippen LogP contribution >= 0.6 is 0 Å². The molecule has 2 heterocycles. The standard InChI is InChI=1S/C14H17N5O.CH4O.H2/c20-14(17-11-4-2-1-3-5-11)13-16-7-6-12(18-13)19-9-8-15-10-19;1-2;/h6-11H,1-5H2,(H,17,20);2H,1H3;1H. The van der Waals surface area contributed by atoms with E-state index in [0.717, 1.165) is 20.0 Å². The Morgan fingerprint density at radius 3 is 2.77 bits per heavy atom. The number of aromatic nitrogens is 4. The van der Waals surface area contributed by atoms with Crippen LogP contribution in [0.25, 0.3) is 5.82 Å². The fourth-order valence-corrected chi connectivity index (χ4v) is 2.49. The van der Waals surface area contributed by atoms with Crippen molar-refractivity contribution in [2.75, 3.05) is 7.11 Å². The minimum atomic E-state index is -0.195. The predicted molar refractivity (Wildman–Crippen MR) is 83.8 cm³/mol. The molecular weight excluding hydrogens is 282 g/mol. The minimum Gasteiger partial charge on any atom is -0.400 e. The Hall–Kier alpha value is -2.28. The zero-order valence-electron chi connectivity index (χ0n) is 12.6. The first-order chi connectivity index (χ1) is 10.8. The van der Waals surface area contributed by atoms with Gasteiger partial charge in [0.2, 0.25) is 5.82 Å². The van der Waals surface area contributed by atoms with Crippen LogP contribution in [0.1, 0.15) is 44.1 Å². The van der Waals surface area contributed by atoms with Gasteiger partial charge in [-0.05, 0) is 18.9 Å². The summed E-state index contributed by atoms with van der Waals surface area (Å²) in [6.07, 6.45) is 12.4. The third-order valence-electron chi connectivity index (χ3n) is 3.55. The molecule has 0 unspecified atom stereocenters. The van der Waals surface area contributed by atoms with Crippen LogP contribution in [0.4, 0.5) is 0 Å². The number of rotatable bonds is 3. The average Bonchev–Trinajstić information content (AvgIpc) is 3.12. The van der Waals surface area contributed by atoms with E-state index in [9.17, 15) is 4.79 Å². The smallest absolute Gasteiger partial charge is 0.289 e. The molecule has 1 amide bonds. The van der Waals surface area contributed by atoms with Crippen molar-refractivity contribution in [3.8, 4) is 5.82 Å². The molecule has 2 aromatic rings. The lowest BCUT2D eigenvalue weighted by Crippen LogP contribution is -2.37. The first-order valence-corrected chi connectivity index (χ1v) is 7.40. The van der Waals surface area contributed by atoms with E-state index in [2.05, 4.69) is 20.3 Å². The zero-order chi connectivity index (χ0) is 15.8. The van der Waals surface area contributed by atoms with Crippen LogP contribution in [-0.4, -0.2) is 43.7 Å². The summed E-state index contributed by atoms with van der Waals surface area (Å²) in [5, 5.41) is 10.0. The van der Waals surface area contributed by atoms with Crippen LogP contribution in [0.15, 0.2) is 31.0 Å². The Balaban J connectivity index is 0.000000849. The van der Waals surface area contributed by atoms with Crippen LogP contribution in [0, 0.1) is 0 Å². The highest BCUT2D eigenvalue weighted by molar-refractivity contribution is 5.90. The van der Waals surface area contributed by atoms with Crippen molar-refractivity contribution >= 4 is 5.91 Å². The molecule has 22 heavy (non-hydrogen) atoms. The summed E-state index contributed by atoms with van der Waals surface area (Å²) in [5.41, 5.74) is 0. The molecule has 0 spiro atoms. The molecular formula is C15H23N5O2. The number of aliphatic hydroxyl groups excluding tert-OH is 1. The topological polar surface area (TPSA) is 92.9 Å². The Kier molecular flexibility index (Phi) is 6.02. The van der Waals surface area contributed by atoms with Crippen molar-refractivity contribution in [3.63, 3.8) is 0 Å². The van der Waals surface area contributed by atoms with Crippen molar-refractivity contribution in [3.05, 3.63) is 36.8 Å². The fraction of sp³-hybridized carbons (Fsp3) is 0.467. The van der Waals surface area contributed by atoms with Gasteiger partial charge >= 0.3 is 0 Å². The van der Waals surface area contributed by atoms with Gasteiger partial charge in [-0.1, -0.05) is 19.3 Å². The number of imidazole rings is 1. The van der Waals surface area contributed by atoms with E-state index in [1.807, 2.05) is 0 Å². The Morgan fingerprint density at radius 1 is 1.32 bits per heavy atom. The number of carbonyl (C=O) groups is 1. The monoisotopic (exact) mass is 305 g/mol. The first kappa shape index (κ1) is 16.1. The first-order valence-electron chi connectivity index (χ1n) is 7.40. The zero-order valence-corrected chi connectivity index (χ0v) is 12.6. The van der Waals surface area contributed by atoms with E-state index < -0.39 is 0 Å². The van der Waals surface area contributed by atoms with Crippen molar-refractivity contribution < 1.29 is 11.3 Å². The van der Waals surface area contributed by atoms with E-state index in [1.54, 1.807) is 35.6 Å². The lowest BCUT2D eigenvalue weighted by atomic mass is 9.95. The number of aliphatic hydroxyl groups is 1. The SMILES string of the molecule is CO.O=C(NC1CCCCC1)c1nccc(-n2ccnc2)n1.[HH]. The van der Waals surface area contributed by atoms with E-state index in [1.165, 1.54) is 19.3 Å². The Labute approximate surface area is 130 Å². The summed E-state index contributed by atoms with van der Waals surface area (Å²) < 4.78 is 1.75. The Morgan fingerprint density at radius 2 is 2.09 bits per heavy atom. The minimum absolute atomic E-state index is 0. The summed E-state index contributed by atoms with van der Waals surface area (Å²) >= 11 is 0. The molecule has 3 rings (SSSR count). The maximum absolute atomic E-state index is 12.2. The fourth-order valence-electron chi connectivity index (χ4n) is 2.49. The summed E-state index contributed by atoms with van der Waals surface area (Å²) in [4.78, 5) is 24.5. The van der Waals surface area contributed by atoms with Crippen LogP contribution in [0.3, 0.4) is 0 Å². The maximum atomic E-state index is 12.2. The second-order valence-corrected chi connectivity index (χ2v) is 5.02. The summed E-state index contributed by atoms with van der Waals surface area (Å²) in [7, 11) is 1.00. The molecule has 0 aromatic carbocycles. The second kappa shape index (κ2) is 8.23. The molecule has 1 saturated carbocycles. The van der Waals surface area contributed by atoms with Crippen LogP contribution in [-0.2, 0) is 0 Å². The summed E-state index contributed by atoms with van der Waals surface area (Å²) in [6, 6.07) is 2.01. The molecule has 0 bridgehead atoms. The number of hydrogen-bond acceptors (Lipinski definition) is 5. The van der Waals surface area contributed by atoms with Crippen LogP contribution < -0.4 is 5.32 Å². The van der Waals surface area contributed by atoms with E-state index in [0.29, 0.717) is 5.82 Å². The molecule has 2 aromatic heterocycles. The van der Waals surface area contributed by atoms with Crippen molar-refractivity contribution in [1.29, 1.82) is 0 Å². The Bertz CT molecular complexity index is 585. The number of hydrogen-bond donors (Lipinski definition) is 2. The molecule has 1 aliphatic carbocycles. The van der Waals surface area contributed by atoms with Crippen LogP contribution in [0.5, 0.6) is 0 Å². The number of carbonyl (C=O) groups excluding carboxylic acids is 1. The van der Waals surface area contributed by atoms with Gasteiger partial charge < -0.3 is 10.4 Å². The molecule has 0 atom stereocenters. The van der Waals surface area contributed by atoms with Gasteiger partial charge in [-0.3, -0.25) is 9.36 Å². The molecule has 2 N–H and O–H groups in total. The van der Waals surface area contributed by atoms with Crippen molar-refractivity contribution in [2.24, 2.45) is 0 Å². The molecule has 0 radical (unpaired) electrons. The van der Waals surface area contributed by atoms with Gasteiger partial charge in [-0.25, -0.2) is 15.0 Å². The highest BCUT2D eigenvalue weighted by Gasteiger charge is 2.18. The maximum Gasteiger partial charge on any atom is 0.289 e. The quantitative estimate of drug-likeness (QED) is 0.898. The number of nitrogens with one attached hydrogen (secondary N) is 1. The largest absolute Gasteiger partial charge is 0.400 e. The molecule has 1 fully saturated rings. The van der Waals surface area contributed by atoms with E-state index >= 15 is 0 Å². The van der Waals surface area contributed by atoms with Crippen molar-refractivity contribution in [1.82, 2.24) is 24.8 Å². The third-order valence-corrected chi connectivity index (χ3v) is 3.55. The molecule has 0 aliphatic heterocycles. The molecule has 7 heteroatoms. The van der Waals surface area contributed by atoms with Gasteiger partial charge in [0.25, 0.3) is 5.91 Å². The van der Waals surface area contributed by atoms with Gasteiger partial charge in [0.15, 0.2) is 0 Å². The predicted octanol–water partition coefficient (Wildman–Crippen LogP) is 1.58. The van der Waals surface area contributed by atoms with E-state index in [4.69, 9.17) is 5.11 Å². The lowest BCUT2D eigenvalue weighted by Gasteiger charge is -2.22. The van der Waals surface area contributed by atoms with Gasteiger partial charge in [-0.15, -0.1) is 0 Å². The van der Waals surface area contributed by atoms with Gasteiger partial charge in [0.1, 0.15) is 12.1 Å². The van der Waals surface area contributed by atoms with Gasteiger partial charge in [0.05, 0.1) is 0 Å². The summed E-state index contributed by atoms with van der Waals surface area (Å²) in [5.74, 6) is 0.659. The average molecular weight is 305 g/mol. The summed E-state index contributed by atoms with van der Waals surface area (Å²) in [6.45, 7) is 0. The number of amides is 1. The highest BCUT2D eigenvalue weighted by atomic mass is 16.2. The second-order valence-electron chi connectivity index (χ2n) is 5.02. The molecule has 7 nitrogen and oxygen atoms in total. The molecule has 120 valence electrons. The highest BCUT2D eigenvalue weighted by Crippen LogP contribution is 2.17. The van der Waals surface area contributed by atoms with Gasteiger partial charge in [-0.2, -0.15) is 0 Å². The third kappa shape index (κ3) is 4.11.